The van der Waals surface area contributed by atoms with Gasteiger partial charge in [-0.2, -0.15) is 0 Å². The maximum atomic E-state index is 13.5. The minimum Gasteiger partial charge on any atom is -0.453 e. The van der Waals surface area contributed by atoms with Gasteiger partial charge in [0, 0.05) is 37.4 Å². The van der Waals surface area contributed by atoms with Gasteiger partial charge in [-0.3, -0.25) is 0 Å². The average molecular weight is 462 g/mol. The minimum absolute atomic E-state index is 0.102. The summed E-state index contributed by atoms with van der Waals surface area (Å²) in [6.45, 7) is 1.78. The molecule has 0 unspecified atom stereocenters. The van der Waals surface area contributed by atoms with E-state index >= 15 is 0 Å². The molecule has 0 saturated carbocycles. The molecule has 2 atom stereocenters. The molecule has 0 radical (unpaired) electrons. The molecule has 1 aromatic carbocycles. The number of anilines is 1. The van der Waals surface area contributed by atoms with Crippen LogP contribution in [0.4, 0.5) is 19.3 Å². The van der Waals surface area contributed by atoms with Crippen molar-refractivity contribution in [2.45, 2.75) is 43.9 Å². The fourth-order valence-corrected chi connectivity index (χ4v) is 5.08. The number of hydrogen-bond acceptors (Lipinski definition) is 6. The normalized spacial score (nSPS) is 23.1. The molecule has 2 saturated heterocycles. The van der Waals surface area contributed by atoms with Crippen molar-refractivity contribution >= 4 is 21.8 Å². The lowest BCUT2D eigenvalue weighted by Gasteiger charge is -2.41. The van der Waals surface area contributed by atoms with Crippen molar-refractivity contribution < 1.29 is 31.5 Å². The number of ether oxygens (including phenoxy) is 2. The van der Waals surface area contributed by atoms with Gasteiger partial charge in [0.25, 0.3) is 0 Å². The molecule has 1 N–H and O–H groups in total. The van der Waals surface area contributed by atoms with Crippen LogP contribution in [0.15, 0.2) is 18.2 Å². The molecule has 1 amide bonds. The van der Waals surface area contributed by atoms with Gasteiger partial charge in [0.15, 0.2) is 0 Å². The maximum Gasteiger partial charge on any atom is 0.409 e. The largest absolute Gasteiger partial charge is 0.453 e. The van der Waals surface area contributed by atoms with E-state index in [1.54, 1.807) is 0 Å². The van der Waals surface area contributed by atoms with Gasteiger partial charge in [-0.05, 0) is 37.8 Å². The smallest absolute Gasteiger partial charge is 0.409 e. The number of halogens is 2. The van der Waals surface area contributed by atoms with E-state index in [0.29, 0.717) is 51.0 Å². The molecule has 0 bridgehead atoms. The first kappa shape index (κ1) is 23.7. The third-order valence-corrected chi connectivity index (χ3v) is 6.44. The van der Waals surface area contributed by atoms with Crippen LogP contribution < -0.4 is 9.62 Å². The molecule has 1 aromatic rings. The van der Waals surface area contributed by atoms with Crippen LogP contribution in [0.1, 0.15) is 25.7 Å². The molecule has 8 nitrogen and oxygen atoms in total. The molecular formula is C20H29F2N3O5S. The number of nitrogens with zero attached hydrogens (tertiary/aromatic N) is 2. The zero-order valence-electron chi connectivity index (χ0n) is 17.7. The van der Waals surface area contributed by atoms with Gasteiger partial charge in [0.1, 0.15) is 11.6 Å². The number of amides is 1. The summed E-state index contributed by atoms with van der Waals surface area (Å²) in [7, 11) is -2.16. The summed E-state index contributed by atoms with van der Waals surface area (Å²) in [5.41, 5.74) is 0.498. The molecule has 2 aliphatic heterocycles. The molecule has 11 heteroatoms. The van der Waals surface area contributed by atoms with Gasteiger partial charge in [0.05, 0.1) is 32.1 Å². The fourth-order valence-electron chi connectivity index (χ4n) is 4.26. The summed E-state index contributed by atoms with van der Waals surface area (Å²) < 4.78 is 64.0. The highest BCUT2D eigenvalue weighted by atomic mass is 32.2. The number of rotatable bonds is 6. The Labute approximate surface area is 181 Å². The Morgan fingerprint density at radius 1 is 1.13 bits per heavy atom. The Balaban J connectivity index is 1.60. The molecular weight excluding hydrogens is 432 g/mol. The third-order valence-electron chi connectivity index (χ3n) is 5.71. The highest BCUT2D eigenvalue weighted by Crippen LogP contribution is 2.25. The van der Waals surface area contributed by atoms with Gasteiger partial charge in [-0.25, -0.2) is 26.7 Å². The summed E-state index contributed by atoms with van der Waals surface area (Å²) in [5.74, 6) is -1.23. The highest BCUT2D eigenvalue weighted by molar-refractivity contribution is 7.88. The van der Waals surface area contributed by atoms with E-state index in [-0.39, 0.29) is 12.7 Å². The Bertz CT molecular complexity index is 857. The average Bonchev–Trinajstić information content (AvgIpc) is 2.70. The van der Waals surface area contributed by atoms with Crippen molar-refractivity contribution in [3.63, 3.8) is 0 Å². The van der Waals surface area contributed by atoms with Crippen LogP contribution in [0.25, 0.3) is 0 Å². The Morgan fingerprint density at radius 3 is 2.35 bits per heavy atom. The van der Waals surface area contributed by atoms with Crippen LogP contribution in [-0.2, 0) is 19.5 Å². The molecule has 0 aromatic heterocycles. The second kappa shape index (κ2) is 10.1. The molecule has 0 spiro atoms. The van der Waals surface area contributed by atoms with E-state index in [1.165, 1.54) is 24.1 Å². The van der Waals surface area contributed by atoms with Gasteiger partial charge in [-0.1, -0.05) is 0 Å². The Hall–Kier alpha value is -1.98. The number of methoxy groups -OCH3 is 1. The summed E-state index contributed by atoms with van der Waals surface area (Å²) in [6, 6.07) is 2.52. The Morgan fingerprint density at radius 2 is 1.77 bits per heavy atom. The lowest BCUT2D eigenvalue weighted by molar-refractivity contribution is -0.0180. The number of hydrogen-bond donors (Lipinski definition) is 1. The van der Waals surface area contributed by atoms with E-state index in [9.17, 15) is 22.0 Å². The van der Waals surface area contributed by atoms with Crippen molar-refractivity contribution in [3.8, 4) is 0 Å². The van der Waals surface area contributed by atoms with Crippen LogP contribution in [-0.4, -0.2) is 77.2 Å². The first-order chi connectivity index (χ1) is 14.7. The maximum absolute atomic E-state index is 13.5. The number of piperidine rings is 2. The highest BCUT2D eigenvalue weighted by Gasteiger charge is 2.37. The van der Waals surface area contributed by atoms with E-state index in [2.05, 4.69) is 4.72 Å². The number of nitrogens with one attached hydrogen (secondary N) is 1. The first-order valence-corrected chi connectivity index (χ1v) is 12.2. The quantitative estimate of drug-likeness (QED) is 0.698. The van der Waals surface area contributed by atoms with E-state index in [1.807, 2.05) is 4.90 Å². The topological polar surface area (TPSA) is 88.2 Å². The molecule has 2 fully saturated rings. The summed E-state index contributed by atoms with van der Waals surface area (Å²) in [6.07, 6.45) is 3.01. The molecule has 3 rings (SSSR count). The second-order valence-corrected chi connectivity index (χ2v) is 9.80. The number of carbonyl (C=O) groups is 1. The van der Waals surface area contributed by atoms with E-state index < -0.39 is 39.8 Å². The van der Waals surface area contributed by atoms with Crippen LogP contribution in [0.3, 0.4) is 0 Å². The predicted octanol–water partition coefficient (Wildman–Crippen LogP) is 2.10. The van der Waals surface area contributed by atoms with Crippen LogP contribution in [0.5, 0.6) is 0 Å². The second-order valence-electron chi connectivity index (χ2n) is 8.02. The van der Waals surface area contributed by atoms with Gasteiger partial charge < -0.3 is 19.3 Å². The van der Waals surface area contributed by atoms with Crippen molar-refractivity contribution in [3.05, 3.63) is 29.8 Å². The minimum atomic E-state index is -3.45. The molecule has 174 valence electrons. The van der Waals surface area contributed by atoms with E-state index in [0.717, 1.165) is 12.3 Å². The van der Waals surface area contributed by atoms with Crippen LogP contribution >= 0.6 is 0 Å². The van der Waals surface area contributed by atoms with Crippen molar-refractivity contribution in [2.24, 2.45) is 0 Å². The van der Waals surface area contributed by atoms with Crippen LogP contribution in [0, 0.1) is 11.6 Å². The summed E-state index contributed by atoms with van der Waals surface area (Å²) >= 11 is 0. The van der Waals surface area contributed by atoms with Gasteiger partial charge in [-0.15, -0.1) is 0 Å². The van der Waals surface area contributed by atoms with Gasteiger partial charge in [0.2, 0.25) is 10.0 Å². The van der Waals surface area contributed by atoms with E-state index in [4.69, 9.17) is 9.47 Å². The Kier molecular flexibility index (Phi) is 7.71. The van der Waals surface area contributed by atoms with Crippen LogP contribution in [0.2, 0.25) is 0 Å². The summed E-state index contributed by atoms with van der Waals surface area (Å²) in [5, 5.41) is 0. The molecule has 0 aliphatic carbocycles. The molecule has 2 aliphatic rings. The van der Waals surface area contributed by atoms with Crippen molar-refractivity contribution in [1.29, 1.82) is 0 Å². The predicted molar refractivity (Wildman–Crippen MR) is 111 cm³/mol. The lowest BCUT2D eigenvalue weighted by Crippen LogP contribution is -2.59. The van der Waals surface area contributed by atoms with Crippen molar-refractivity contribution in [2.75, 3.05) is 44.5 Å². The number of carbonyl (C=O) groups excluding carboxylic acids is 1. The standard InChI is InChI=1S/C20H29F2N3O5S/c1-29-20(26)25-7-3-4-18(23-31(2,27)28)19(25)13-30-17-5-8-24(9-6-17)16-11-14(21)10-15(22)12-16/h10-12,17-19,23H,3-9,13H2,1-2H3/t18-,19-/m0/s1. The zero-order valence-corrected chi connectivity index (χ0v) is 18.5. The van der Waals surface area contributed by atoms with Crippen molar-refractivity contribution in [1.82, 2.24) is 9.62 Å². The zero-order chi connectivity index (χ0) is 22.6. The number of likely N-dealkylation sites (tertiary alicyclic amines) is 1. The number of sulfonamides is 1. The fraction of sp³-hybridized carbons (Fsp3) is 0.650. The monoisotopic (exact) mass is 461 g/mol. The van der Waals surface area contributed by atoms with Gasteiger partial charge >= 0.3 is 6.09 Å². The summed E-state index contributed by atoms with van der Waals surface area (Å²) in [4.78, 5) is 15.6. The number of benzene rings is 1. The first-order valence-electron chi connectivity index (χ1n) is 10.3. The lowest BCUT2D eigenvalue weighted by atomic mass is 9.97. The SMILES string of the molecule is COC(=O)N1CCC[C@H](NS(C)(=O)=O)[C@@H]1COC1CCN(c2cc(F)cc(F)c2)CC1. The molecule has 2 heterocycles. The third kappa shape index (κ3) is 6.50. The molecule has 31 heavy (non-hydrogen) atoms.